The summed E-state index contributed by atoms with van der Waals surface area (Å²) < 4.78 is 73.3. The van der Waals surface area contributed by atoms with Crippen molar-refractivity contribution in [3.05, 3.63) is 35.1 Å². The molecule has 0 spiro atoms. The molecular formula is C9H9F4NO2S. The molecule has 0 bridgehead atoms. The third-order valence-corrected chi connectivity index (χ3v) is 2.57. The Balaban J connectivity index is 2.91. The van der Waals surface area contributed by atoms with Gasteiger partial charge in [-0.1, -0.05) is 6.07 Å². The average molecular weight is 271 g/mol. The normalized spacial score (nSPS) is 12.8. The van der Waals surface area contributed by atoms with Gasteiger partial charge in [-0.25, -0.2) is 17.5 Å². The quantitative estimate of drug-likeness (QED) is 0.853. The zero-order valence-electron chi connectivity index (χ0n) is 8.68. The molecule has 0 atom stereocenters. The summed E-state index contributed by atoms with van der Waals surface area (Å²) in [5, 5.41) is 0. The standard InChI is InChI=1S/C9H9F4NO2S/c1-17(15,16)14-5-6-2-3-7(4-8(6)10)9(11,12)13/h2-4,14H,5H2,1H3. The number of benzene rings is 1. The van der Waals surface area contributed by atoms with E-state index in [-0.39, 0.29) is 12.1 Å². The van der Waals surface area contributed by atoms with Crippen LogP contribution in [0.25, 0.3) is 0 Å². The lowest BCUT2D eigenvalue weighted by atomic mass is 10.1. The van der Waals surface area contributed by atoms with Crippen LogP contribution in [-0.4, -0.2) is 14.7 Å². The highest BCUT2D eigenvalue weighted by molar-refractivity contribution is 7.88. The molecule has 17 heavy (non-hydrogen) atoms. The summed E-state index contributed by atoms with van der Waals surface area (Å²) in [6.45, 7) is -0.386. The van der Waals surface area contributed by atoms with E-state index < -0.39 is 27.6 Å². The Labute approximate surface area is 95.5 Å². The first-order valence-corrected chi connectivity index (χ1v) is 6.29. The number of rotatable bonds is 3. The molecule has 8 heteroatoms. The Bertz CT molecular complexity index is 510. The maximum Gasteiger partial charge on any atom is 0.416 e. The lowest BCUT2D eigenvalue weighted by Crippen LogP contribution is -2.22. The molecule has 0 aliphatic heterocycles. The van der Waals surface area contributed by atoms with Crippen molar-refractivity contribution in [2.75, 3.05) is 6.26 Å². The molecular weight excluding hydrogens is 262 g/mol. The maximum atomic E-state index is 13.2. The Morgan fingerprint density at radius 1 is 1.29 bits per heavy atom. The van der Waals surface area contributed by atoms with E-state index in [2.05, 4.69) is 0 Å². The first-order valence-electron chi connectivity index (χ1n) is 4.40. The fourth-order valence-corrected chi connectivity index (χ4v) is 1.49. The van der Waals surface area contributed by atoms with E-state index in [1.807, 2.05) is 4.72 Å². The number of nitrogens with one attached hydrogen (secondary N) is 1. The fourth-order valence-electron chi connectivity index (χ4n) is 1.08. The third-order valence-electron chi connectivity index (χ3n) is 1.91. The van der Waals surface area contributed by atoms with Crippen LogP contribution >= 0.6 is 0 Å². The van der Waals surface area contributed by atoms with Crippen LogP contribution in [0.15, 0.2) is 18.2 Å². The minimum atomic E-state index is -4.62. The van der Waals surface area contributed by atoms with Gasteiger partial charge in [-0.05, 0) is 12.1 Å². The van der Waals surface area contributed by atoms with Crippen LogP contribution in [0.5, 0.6) is 0 Å². The van der Waals surface area contributed by atoms with Gasteiger partial charge in [-0.3, -0.25) is 0 Å². The van der Waals surface area contributed by atoms with Gasteiger partial charge in [0.2, 0.25) is 10.0 Å². The molecule has 1 aromatic carbocycles. The molecule has 0 aromatic heterocycles. The molecule has 0 aliphatic rings. The molecule has 0 saturated heterocycles. The van der Waals surface area contributed by atoms with Crippen molar-refractivity contribution in [3.8, 4) is 0 Å². The Morgan fingerprint density at radius 2 is 1.88 bits per heavy atom. The van der Waals surface area contributed by atoms with Crippen LogP contribution in [0.2, 0.25) is 0 Å². The highest BCUT2D eigenvalue weighted by Crippen LogP contribution is 2.30. The molecule has 1 aromatic rings. The lowest BCUT2D eigenvalue weighted by molar-refractivity contribution is -0.137. The summed E-state index contributed by atoms with van der Waals surface area (Å²) in [5.41, 5.74) is -1.26. The molecule has 0 saturated carbocycles. The third kappa shape index (κ3) is 4.31. The molecule has 0 fully saturated rings. The smallest absolute Gasteiger partial charge is 0.213 e. The zero-order chi connectivity index (χ0) is 13.3. The van der Waals surface area contributed by atoms with Gasteiger partial charge in [0.25, 0.3) is 0 Å². The van der Waals surface area contributed by atoms with E-state index in [9.17, 15) is 26.0 Å². The summed E-state index contributed by atoms with van der Waals surface area (Å²) >= 11 is 0. The molecule has 3 nitrogen and oxygen atoms in total. The predicted molar refractivity (Wildman–Crippen MR) is 53.1 cm³/mol. The number of halogens is 4. The van der Waals surface area contributed by atoms with Crippen LogP contribution in [0.3, 0.4) is 0 Å². The second-order valence-electron chi connectivity index (χ2n) is 3.40. The van der Waals surface area contributed by atoms with Crippen molar-refractivity contribution >= 4 is 10.0 Å². The topological polar surface area (TPSA) is 46.2 Å². The van der Waals surface area contributed by atoms with Gasteiger partial charge in [0.1, 0.15) is 5.82 Å². The van der Waals surface area contributed by atoms with Gasteiger partial charge in [0.15, 0.2) is 0 Å². The van der Waals surface area contributed by atoms with E-state index in [0.717, 1.165) is 12.3 Å². The highest BCUT2D eigenvalue weighted by Gasteiger charge is 2.31. The van der Waals surface area contributed by atoms with E-state index in [1.54, 1.807) is 0 Å². The van der Waals surface area contributed by atoms with Gasteiger partial charge in [0, 0.05) is 12.1 Å². The minimum Gasteiger partial charge on any atom is -0.213 e. The number of sulfonamides is 1. The van der Waals surface area contributed by atoms with Crippen LogP contribution in [0, 0.1) is 5.82 Å². The first kappa shape index (κ1) is 13.9. The van der Waals surface area contributed by atoms with Gasteiger partial charge in [-0.15, -0.1) is 0 Å². The molecule has 0 unspecified atom stereocenters. The lowest BCUT2D eigenvalue weighted by Gasteiger charge is -2.09. The van der Waals surface area contributed by atoms with Crippen molar-refractivity contribution in [3.63, 3.8) is 0 Å². The SMILES string of the molecule is CS(=O)(=O)NCc1ccc(C(F)(F)F)cc1F. The molecule has 0 aliphatic carbocycles. The van der Waals surface area contributed by atoms with Crippen LogP contribution in [-0.2, 0) is 22.7 Å². The largest absolute Gasteiger partial charge is 0.416 e. The summed E-state index contributed by atoms with van der Waals surface area (Å²) in [6, 6.07) is 1.93. The Morgan fingerprint density at radius 3 is 2.29 bits per heavy atom. The van der Waals surface area contributed by atoms with E-state index in [4.69, 9.17) is 0 Å². The van der Waals surface area contributed by atoms with Crippen LogP contribution < -0.4 is 4.72 Å². The van der Waals surface area contributed by atoms with E-state index >= 15 is 0 Å². The summed E-state index contributed by atoms with van der Waals surface area (Å²) in [7, 11) is -3.52. The van der Waals surface area contributed by atoms with Crippen molar-refractivity contribution in [2.24, 2.45) is 0 Å². The highest BCUT2D eigenvalue weighted by atomic mass is 32.2. The fraction of sp³-hybridized carbons (Fsp3) is 0.333. The molecule has 0 amide bonds. The van der Waals surface area contributed by atoms with Crippen molar-refractivity contribution in [1.29, 1.82) is 0 Å². The minimum absolute atomic E-state index is 0.150. The molecule has 96 valence electrons. The summed E-state index contributed by atoms with van der Waals surface area (Å²) in [4.78, 5) is 0. The van der Waals surface area contributed by atoms with E-state index in [0.29, 0.717) is 12.1 Å². The summed E-state index contributed by atoms with van der Waals surface area (Å²) in [5.74, 6) is -1.10. The number of alkyl halides is 3. The monoisotopic (exact) mass is 271 g/mol. The zero-order valence-corrected chi connectivity index (χ0v) is 9.49. The molecule has 1 rings (SSSR count). The van der Waals surface area contributed by atoms with Gasteiger partial charge in [0.05, 0.1) is 11.8 Å². The van der Waals surface area contributed by atoms with E-state index in [1.165, 1.54) is 0 Å². The van der Waals surface area contributed by atoms with Crippen molar-refractivity contribution in [1.82, 2.24) is 4.72 Å². The Hall–Kier alpha value is -1.15. The van der Waals surface area contributed by atoms with Crippen LogP contribution in [0.4, 0.5) is 17.6 Å². The average Bonchev–Trinajstić information content (AvgIpc) is 2.12. The molecule has 0 radical (unpaired) electrons. The maximum absolute atomic E-state index is 13.2. The number of hydrogen-bond acceptors (Lipinski definition) is 2. The number of hydrogen-bond donors (Lipinski definition) is 1. The van der Waals surface area contributed by atoms with Crippen molar-refractivity contribution in [2.45, 2.75) is 12.7 Å². The predicted octanol–water partition coefficient (Wildman–Crippen LogP) is 1.89. The van der Waals surface area contributed by atoms with Crippen LogP contribution in [0.1, 0.15) is 11.1 Å². The first-order chi connectivity index (χ1) is 7.59. The van der Waals surface area contributed by atoms with Gasteiger partial charge in [-0.2, -0.15) is 13.2 Å². The van der Waals surface area contributed by atoms with Crippen molar-refractivity contribution < 1.29 is 26.0 Å². The van der Waals surface area contributed by atoms with Gasteiger partial charge < -0.3 is 0 Å². The summed E-state index contributed by atoms with van der Waals surface area (Å²) in [6.07, 6.45) is -3.75. The Kier molecular flexibility index (Phi) is 3.78. The molecule has 0 heterocycles. The van der Waals surface area contributed by atoms with Gasteiger partial charge >= 0.3 is 6.18 Å². The second kappa shape index (κ2) is 4.61. The second-order valence-corrected chi connectivity index (χ2v) is 5.23. The molecule has 1 N–H and O–H groups in total.